The van der Waals surface area contributed by atoms with Crippen LogP contribution in [0.25, 0.3) is 0 Å². The topological polar surface area (TPSA) is 109 Å². The fraction of sp³-hybridized carbons (Fsp3) is 0.263. The van der Waals surface area contributed by atoms with Crippen LogP contribution in [0.4, 0.5) is 5.69 Å². The Bertz CT molecular complexity index is 1010. The van der Waals surface area contributed by atoms with Gasteiger partial charge >= 0.3 is 0 Å². The van der Waals surface area contributed by atoms with Crippen LogP contribution in [0.5, 0.6) is 11.5 Å². The fourth-order valence-electron chi connectivity index (χ4n) is 2.60. The molecular formula is C19H19N3O5S. The lowest BCUT2D eigenvalue weighted by Gasteiger charge is -2.18. The predicted molar refractivity (Wildman–Crippen MR) is 102 cm³/mol. The third-order valence-electron chi connectivity index (χ3n) is 4.09. The summed E-state index contributed by atoms with van der Waals surface area (Å²) in [6.07, 6.45) is 0.714. The number of nitrogens with one attached hydrogen (secondary N) is 1. The second-order valence-corrected chi connectivity index (χ2v) is 8.20. The van der Waals surface area contributed by atoms with Gasteiger partial charge in [0.1, 0.15) is 0 Å². The number of rotatable bonds is 5. The van der Waals surface area contributed by atoms with Crippen molar-refractivity contribution in [2.75, 3.05) is 32.1 Å². The van der Waals surface area contributed by atoms with Gasteiger partial charge in [0.05, 0.1) is 36.3 Å². The highest BCUT2D eigenvalue weighted by Gasteiger charge is 2.25. The molecule has 28 heavy (non-hydrogen) atoms. The van der Waals surface area contributed by atoms with E-state index in [1.54, 1.807) is 30.3 Å². The summed E-state index contributed by atoms with van der Waals surface area (Å²) < 4.78 is 37.6. The maximum atomic E-state index is 12.8. The van der Waals surface area contributed by atoms with Gasteiger partial charge in [-0.2, -0.15) is 9.57 Å². The molecule has 0 aliphatic carbocycles. The van der Waals surface area contributed by atoms with Crippen molar-refractivity contribution in [2.45, 2.75) is 11.3 Å². The zero-order chi connectivity index (χ0) is 20.1. The molecule has 0 saturated heterocycles. The number of fused-ring (bicyclic) bond motifs is 1. The Balaban J connectivity index is 1.70. The quantitative estimate of drug-likeness (QED) is 0.821. The molecule has 2 aromatic carbocycles. The van der Waals surface area contributed by atoms with Crippen LogP contribution >= 0.6 is 0 Å². The number of hydrogen-bond acceptors (Lipinski definition) is 6. The van der Waals surface area contributed by atoms with Crippen molar-refractivity contribution in [1.29, 1.82) is 5.26 Å². The van der Waals surface area contributed by atoms with E-state index in [0.29, 0.717) is 42.4 Å². The maximum Gasteiger partial charge on any atom is 0.243 e. The summed E-state index contributed by atoms with van der Waals surface area (Å²) in [5.74, 6) is 0.372. The lowest BCUT2D eigenvalue weighted by Crippen LogP contribution is -2.35. The van der Waals surface area contributed by atoms with E-state index >= 15 is 0 Å². The van der Waals surface area contributed by atoms with Crippen molar-refractivity contribution in [1.82, 2.24) is 4.31 Å². The number of ether oxygens (including phenoxy) is 2. The van der Waals surface area contributed by atoms with E-state index in [1.165, 1.54) is 19.2 Å². The van der Waals surface area contributed by atoms with E-state index in [1.807, 2.05) is 6.07 Å². The van der Waals surface area contributed by atoms with Gasteiger partial charge in [-0.1, -0.05) is 0 Å². The highest BCUT2D eigenvalue weighted by atomic mass is 32.2. The maximum absolute atomic E-state index is 12.8. The van der Waals surface area contributed by atoms with Crippen molar-refractivity contribution in [3.63, 3.8) is 0 Å². The molecule has 0 saturated carbocycles. The van der Waals surface area contributed by atoms with Crippen LogP contribution in [0, 0.1) is 11.3 Å². The average molecular weight is 401 g/mol. The van der Waals surface area contributed by atoms with Gasteiger partial charge in [0.15, 0.2) is 11.5 Å². The number of amides is 1. The van der Waals surface area contributed by atoms with Gasteiger partial charge in [0.2, 0.25) is 15.9 Å². The molecule has 2 aromatic rings. The van der Waals surface area contributed by atoms with Gasteiger partial charge in [-0.25, -0.2) is 8.42 Å². The molecule has 3 rings (SSSR count). The molecule has 0 spiro atoms. The fourth-order valence-corrected chi connectivity index (χ4v) is 3.74. The van der Waals surface area contributed by atoms with Crippen LogP contribution < -0.4 is 14.8 Å². The van der Waals surface area contributed by atoms with E-state index in [-0.39, 0.29) is 11.4 Å². The molecular weight excluding hydrogens is 382 g/mol. The van der Waals surface area contributed by atoms with Crippen LogP contribution in [0.1, 0.15) is 12.0 Å². The van der Waals surface area contributed by atoms with Gasteiger partial charge in [-0.3, -0.25) is 4.79 Å². The molecule has 0 aromatic heterocycles. The number of nitriles is 1. The minimum absolute atomic E-state index is 0.0189. The van der Waals surface area contributed by atoms with E-state index in [4.69, 9.17) is 14.7 Å². The van der Waals surface area contributed by atoms with E-state index in [9.17, 15) is 13.2 Å². The first-order valence-corrected chi connectivity index (χ1v) is 10.00. The first kappa shape index (κ1) is 19.7. The molecule has 146 valence electrons. The molecule has 0 radical (unpaired) electrons. The molecule has 1 aliphatic rings. The lowest BCUT2D eigenvalue weighted by atomic mass is 10.2. The minimum Gasteiger partial charge on any atom is -0.490 e. The van der Waals surface area contributed by atoms with Gasteiger partial charge < -0.3 is 14.8 Å². The highest BCUT2D eigenvalue weighted by Crippen LogP contribution is 2.32. The lowest BCUT2D eigenvalue weighted by molar-refractivity contribution is -0.116. The number of benzene rings is 2. The van der Waals surface area contributed by atoms with Gasteiger partial charge in [-0.15, -0.1) is 0 Å². The second-order valence-electron chi connectivity index (χ2n) is 6.16. The van der Waals surface area contributed by atoms with Crippen molar-refractivity contribution in [3.8, 4) is 17.6 Å². The van der Waals surface area contributed by atoms with Gasteiger partial charge in [0, 0.05) is 25.2 Å². The zero-order valence-corrected chi connectivity index (χ0v) is 16.0. The number of nitrogens with zero attached hydrogens (tertiary/aromatic N) is 2. The summed E-state index contributed by atoms with van der Waals surface area (Å²) >= 11 is 0. The standard InChI is InChI=1S/C19H19N3O5S/c1-22(13-19(23)21-15-5-3-14(12-20)4-6-15)28(24,25)16-7-8-17-18(11-16)27-10-2-9-26-17/h3-8,11H,2,9-10,13H2,1H3,(H,21,23). The minimum atomic E-state index is -3.89. The van der Waals surface area contributed by atoms with Crippen molar-refractivity contribution in [2.24, 2.45) is 0 Å². The molecule has 0 fully saturated rings. The monoisotopic (exact) mass is 401 g/mol. The molecule has 1 aliphatic heterocycles. The van der Waals surface area contributed by atoms with Crippen molar-refractivity contribution >= 4 is 21.6 Å². The number of hydrogen-bond donors (Lipinski definition) is 1. The van der Waals surface area contributed by atoms with E-state index in [0.717, 1.165) is 4.31 Å². The second kappa shape index (κ2) is 8.29. The molecule has 1 N–H and O–H groups in total. The molecule has 0 bridgehead atoms. The van der Waals surface area contributed by atoms with Gasteiger partial charge in [-0.05, 0) is 36.4 Å². The average Bonchev–Trinajstić information content (AvgIpc) is 2.93. The first-order valence-electron chi connectivity index (χ1n) is 8.56. The number of anilines is 1. The zero-order valence-electron chi connectivity index (χ0n) is 15.2. The summed E-state index contributed by atoms with van der Waals surface area (Å²) in [7, 11) is -2.56. The number of carbonyl (C=O) groups is 1. The third-order valence-corrected chi connectivity index (χ3v) is 5.89. The summed E-state index contributed by atoms with van der Waals surface area (Å²) in [6, 6.07) is 12.7. The highest BCUT2D eigenvalue weighted by molar-refractivity contribution is 7.89. The Kier molecular flexibility index (Phi) is 5.82. The van der Waals surface area contributed by atoms with Crippen LogP contribution in [-0.4, -0.2) is 45.4 Å². The Labute approximate surface area is 163 Å². The number of sulfonamides is 1. The normalized spacial score (nSPS) is 13.5. The van der Waals surface area contributed by atoms with E-state index in [2.05, 4.69) is 5.32 Å². The third kappa shape index (κ3) is 4.42. The SMILES string of the molecule is CN(CC(=O)Nc1ccc(C#N)cc1)S(=O)(=O)c1ccc2c(c1)OCCCO2. The summed E-state index contributed by atoms with van der Waals surface area (Å²) in [4.78, 5) is 12.2. The Hall–Kier alpha value is -3.09. The van der Waals surface area contributed by atoms with Gasteiger partial charge in [0.25, 0.3) is 0 Å². The Morgan fingerprint density at radius 2 is 1.82 bits per heavy atom. The summed E-state index contributed by atoms with van der Waals surface area (Å²) in [5, 5.41) is 11.4. The van der Waals surface area contributed by atoms with Crippen LogP contribution in [0.3, 0.4) is 0 Å². The first-order chi connectivity index (χ1) is 13.4. The van der Waals surface area contributed by atoms with Crippen LogP contribution in [0.15, 0.2) is 47.4 Å². The van der Waals surface area contributed by atoms with Crippen LogP contribution in [0.2, 0.25) is 0 Å². The predicted octanol–water partition coefficient (Wildman–Crippen LogP) is 1.98. The molecule has 8 nitrogen and oxygen atoms in total. The largest absolute Gasteiger partial charge is 0.490 e. The molecule has 0 atom stereocenters. The Morgan fingerprint density at radius 3 is 2.50 bits per heavy atom. The van der Waals surface area contributed by atoms with Crippen molar-refractivity contribution < 1.29 is 22.7 Å². The molecule has 0 unspecified atom stereocenters. The van der Waals surface area contributed by atoms with Crippen LogP contribution in [-0.2, 0) is 14.8 Å². The number of carbonyl (C=O) groups excluding carboxylic acids is 1. The summed E-state index contributed by atoms with van der Waals surface area (Å²) in [5.41, 5.74) is 0.942. The summed E-state index contributed by atoms with van der Waals surface area (Å²) in [6.45, 7) is 0.588. The van der Waals surface area contributed by atoms with E-state index < -0.39 is 15.9 Å². The van der Waals surface area contributed by atoms with Crippen molar-refractivity contribution in [3.05, 3.63) is 48.0 Å². The number of likely N-dealkylation sites (N-methyl/N-ethyl adjacent to an activating group) is 1. The molecule has 9 heteroatoms. The molecule has 1 amide bonds. The Morgan fingerprint density at radius 1 is 1.14 bits per heavy atom. The smallest absolute Gasteiger partial charge is 0.243 e. The molecule has 1 heterocycles.